The molecule has 0 heterocycles. The van der Waals surface area contributed by atoms with Gasteiger partial charge in [0.1, 0.15) is 0 Å². The van der Waals surface area contributed by atoms with Crippen LogP contribution >= 0.6 is 0 Å². The van der Waals surface area contributed by atoms with Gasteiger partial charge in [-0.2, -0.15) is 4.39 Å². The maximum absolute atomic E-state index is 12.8. The van der Waals surface area contributed by atoms with Crippen LogP contribution in [0, 0.1) is 10.1 Å². The highest BCUT2D eigenvalue weighted by atomic mass is 19.1. The molecule has 0 atom stereocenters. The molecule has 0 radical (unpaired) electrons. The summed E-state index contributed by atoms with van der Waals surface area (Å²) in [5.74, 6) is -3.14. The summed E-state index contributed by atoms with van der Waals surface area (Å²) in [7, 11) is 0. The number of alkyl halides is 1. The summed E-state index contributed by atoms with van der Waals surface area (Å²) >= 11 is 0. The van der Waals surface area contributed by atoms with E-state index in [1.54, 1.807) is 0 Å². The van der Waals surface area contributed by atoms with Crippen LogP contribution in [0.3, 0.4) is 0 Å². The molecule has 1 aliphatic carbocycles. The van der Waals surface area contributed by atoms with Crippen LogP contribution in [0.2, 0.25) is 0 Å². The van der Waals surface area contributed by atoms with Crippen molar-refractivity contribution in [1.29, 1.82) is 0 Å². The van der Waals surface area contributed by atoms with Crippen molar-refractivity contribution in [2.75, 3.05) is 0 Å². The molecule has 0 amide bonds. The van der Waals surface area contributed by atoms with Gasteiger partial charge in [0.05, 0.1) is 4.92 Å². The highest BCUT2D eigenvalue weighted by molar-refractivity contribution is 6.00. The molecule has 11 heavy (non-hydrogen) atoms. The number of allylic oxidation sites excluding steroid dienone is 2. The third-order valence-corrected chi connectivity index (χ3v) is 1.24. The third-order valence-electron chi connectivity index (χ3n) is 1.24. The van der Waals surface area contributed by atoms with Crippen molar-refractivity contribution in [2.24, 2.45) is 0 Å². The second-order valence-corrected chi connectivity index (χ2v) is 2.05. The molecule has 0 unspecified atom stereocenters. The Morgan fingerprint density at radius 1 is 1.45 bits per heavy atom. The molecule has 4 nitrogen and oxygen atoms in total. The Hall–Kier alpha value is -1.52. The van der Waals surface area contributed by atoms with Gasteiger partial charge in [0.25, 0.3) is 0 Å². The van der Waals surface area contributed by atoms with Gasteiger partial charge in [-0.1, -0.05) is 0 Å². The summed E-state index contributed by atoms with van der Waals surface area (Å²) in [4.78, 5) is 19.3. The zero-order valence-corrected chi connectivity index (χ0v) is 5.36. The highest BCUT2D eigenvalue weighted by Crippen LogP contribution is 2.18. The van der Waals surface area contributed by atoms with Gasteiger partial charge >= 0.3 is 5.79 Å². The van der Waals surface area contributed by atoms with Crippen molar-refractivity contribution in [3.8, 4) is 0 Å². The normalized spacial score (nSPS) is 20.3. The Balaban J connectivity index is 2.94. The summed E-state index contributed by atoms with van der Waals surface area (Å²) in [5, 5.41) is 10.00. The van der Waals surface area contributed by atoms with Gasteiger partial charge in [0.15, 0.2) is 5.78 Å². The number of carbonyl (C=O) groups is 1. The molecule has 0 bridgehead atoms. The molecule has 0 fully saturated rings. The molecule has 5 heteroatoms. The number of nitrogens with zero attached hydrogens (tertiary/aromatic N) is 1. The van der Waals surface area contributed by atoms with Gasteiger partial charge < -0.3 is 0 Å². The minimum absolute atomic E-state index is 0.444. The van der Waals surface area contributed by atoms with E-state index in [0.717, 1.165) is 12.2 Å². The first-order valence-corrected chi connectivity index (χ1v) is 2.80. The van der Waals surface area contributed by atoms with E-state index < -0.39 is 16.5 Å². The molecular weight excluding hydrogens is 153 g/mol. The van der Waals surface area contributed by atoms with Crippen molar-refractivity contribution in [3.05, 3.63) is 34.4 Å². The highest BCUT2D eigenvalue weighted by Gasteiger charge is 2.38. The number of rotatable bonds is 1. The molecule has 0 aromatic rings. The molecule has 0 saturated carbocycles. The van der Waals surface area contributed by atoms with Crippen LogP contribution in [-0.2, 0) is 4.79 Å². The Bertz CT molecular complexity index is 253. The zero-order chi connectivity index (χ0) is 8.48. The van der Waals surface area contributed by atoms with Crippen molar-refractivity contribution < 1.29 is 14.1 Å². The number of hydrogen-bond acceptors (Lipinski definition) is 3. The molecule has 0 aromatic heterocycles. The van der Waals surface area contributed by atoms with Crippen LogP contribution in [0.4, 0.5) is 4.39 Å². The van der Waals surface area contributed by atoms with Crippen LogP contribution in [0.1, 0.15) is 0 Å². The molecule has 0 aromatic carbocycles. The fourth-order valence-corrected chi connectivity index (χ4v) is 0.631. The lowest BCUT2D eigenvalue weighted by atomic mass is 10.1. The fraction of sp³-hybridized carbons (Fsp3) is 0.167. The monoisotopic (exact) mass is 157 g/mol. The lowest BCUT2D eigenvalue weighted by molar-refractivity contribution is -0.573. The predicted molar refractivity (Wildman–Crippen MR) is 34.1 cm³/mol. The van der Waals surface area contributed by atoms with E-state index in [4.69, 9.17) is 0 Å². The largest absolute Gasteiger partial charge is 0.398 e. The smallest absolute Gasteiger partial charge is 0.290 e. The van der Waals surface area contributed by atoms with E-state index in [9.17, 15) is 19.3 Å². The molecule has 0 spiro atoms. The molecular formula is C6H4FNO3. The summed E-state index contributed by atoms with van der Waals surface area (Å²) in [6, 6.07) is 0. The third kappa shape index (κ3) is 1.31. The van der Waals surface area contributed by atoms with Crippen LogP contribution in [0.15, 0.2) is 24.3 Å². The maximum atomic E-state index is 12.8. The van der Waals surface area contributed by atoms with E-state index in [-0.39, 0.29) is 0 Å². The van der Waals surface area contributed by atoms with Gasteiger partial charge in [-0.3, -0.25) is 14.9 Å². The SMILES string of the molecule is O=C1C=CC(F)([N+](=O)[O-])C=C1. The van der Waals surface area contributed by atoms with Gasteiger partial charge in [-0.15, -0.1) is 0 Å². The Morgan fingerprint density at radius 3 is 2.27 bits per heavy atom. The lowest BCUT2D eigenvalue weighted by Crippen LogP contribution is -2.30. The maximum Gasteiger partial charge on any atom is 0.398 e. The standard InChI is InChI=1S/C6H4FNO3/c7-6(8(10)11)3-1-5(9)2-4-6/h1-4H. The number of carbonyl (C=O) groups excluding carboxylic acids is 1. The van der Waals surface area contributed by atoms with Crippen LogP contribution in [-0.4, -0.2) is 16.5 Å². The van der Waals surface area contributed by atoms with Crippen LogP contribution in [0.25, 0.3) is 0 Å². The quantitative estimate of drug-likeness (QED) is 0.318. The first kappa shape index (κ1) is 7.59. The van der Waals surface area contributed by atoms with Gasteiger partial charge in [-0.25, -0.2) is 0 Å². The van der Waals surface area contributed by atoms with E-state index in [1.165, 1.54) is 0 Å². The topological polar surface area (TPSA) is 60.2 Å². The average Bonchev–Trinajstić information content (AvgIpc) is 1.95. The van der Waals surface area contributed by atoms with E-state index in [0.29, 0.717) is 12.2 Å². The Kier molecular flexibility index (Phi) is 1.56. The minimum atomic E-state index is -2.70. The first-order valence-electron chi connectivity index (χ1n) is 2.80. The molecule has 0 aliphatic heterocycles. The molecule has 0 N–H and O–H groups in total. The number of ketones is 1. The van der Waals surface area contributed by atoms with E-state index in [2.05, 4.69) is 0 Å². The van der Waals surface area contributed by atoms with Crippen molar-refractivity contribution >= 4 is 5.78 Å². The van der Waals surface area contributed by atoms with Crippen LogP contribution < -0.4 is 0 Å². The summed E-state index contributed by atoms with van der Waals surface area (Å²) in [6.45, 7) is 0. The molecule has 0 saturated heterocycles. The average molecular weight is 157 g/mol. The Labute approximate surface area is 61.2 Å². The van der Waals surface area contributed by atoms with E-state index >= 15 is 0 Å². The zero-order valence-electron chi connectivity index (χ0n) is 5.36. The fourth-order valence-electron chi connectivity index (χ4n) is 0.631. The van der Waals surface area contributed by atoms with Crippen molar-refractivity contribution in [3.63, 3.8) is 0 Å². The summed E-state index contributed by atoms with van der Waals surface area (Å²) < 4.78 is 12.8. The van der Waals surface area contributed by atoms with Gasteiger partial charge in [0, 0.05) is 12.2 Å². The summed E-state index contributed by atoms with van der Waals surface area (Å²) in [6.07, 6.45) is 2.91. The number of hydrogen-bond donors (Lipinski definition) is 0. The lowest BCUT2D eigenvalue weighted by Gasteiger charge is -2.08. The minimum Gasteiger partial charge on any atom is -0.290 e. The number of halogens is 1. The second kappa shape index (κ2) is 2.26. The number of nitro groups is 1. The first-order chi connectivity index (χ1) is 5.04. The second-order valence-electron chi connectivity index (χ2n) is 2.05. The predicted octanol–water partition coefficient (Wildman–Crippen LogP) is 0.624. The van der Waals surface area contributed by atoms with Gasteiger partial charge in [-0.05, 0) is 12.2 Å². The molecule has 1 aliphatic rings. The molecule has 1 rings (SSSR count). The van der Waals surface area contributed by atoms with Crippen LogP contribution in [0.5, 0.6) is 0 Å². The van der Waals surface area contributed by atoms with Crippen molar-refractivity contribution in [1.82, 2.24) is 0 Å². The van der Waals surface area contributed by atoms with Crippen molar-refractivity contribution in [2.45, 2.75) is 5.79 Å². The molecule has 58 valence electrons. The van der Waals surface area contributed by atoms with E-state index in [1.807, 2.05) is 0 Å². The summed E-state index contributed by atoms with van der Waals surface area (Å²) in [5.41, 5.74) is 0. The van der Waals surface area contributed by atoms with Gasteiger partial charge in [0.2, 0.25) is 0 Å². The Morgan fingerprint density at radius 2 is 1.91 bits per heavy atom.